The summed E-state index contributed by atoms with van der Waals surface area (Å²) >= 11 is 0. The molecule has 2 unspecified atom stereocenters. The summed E-state index contributed by atoms with van der Waals surface area (Å²) in [6.45, 7) is 4.38. The summed E-state index contributed by atoms with van der Waals surface area (Å²) in [7, 11) is 0.410. The minimum Gasteiger partial charge on any atom is -0.378 e. The van der Waals surface area contributed by atoms with Crippen LogP contribution in [0.15, 0.2) is 24.3 Å². The smallest absolute Gasteiger partial charge is 0.212 e. The Kier molecular flexibility index (Phi) is 4.48. The molecule has 2 fully saturated rings. The van der Waals surface area contributed by atoms with Crippen molar-refractivity contribution in [2.45, 2.75) is 39.7 Å². The zero-order valence-corrected chi connectivity index (χ0v) is 16.3. The molecule has 0 amide bonds. The highest BCUT2D eigenvalue weighted by Gasteiger charge is 2.65. The van der Waals surface area contributed by atoms with Gasteiger partial charge in [0.2, 0.25) is 10.0 Å². The van der Waals surface area contributed by atoms with Crippen LogP contribution in [0.25, 0.3) is 0 Å². The highest BCUT2D eigenvalue weighted by molar-refractivity contribution is 7.89. The normalized spacial score (nSPS) is 27.7. The van der Waals surface area contributed by atoms with E-state index in [4.69, 9.17) is 0 Å². The maximum absolute atomic E-state index is 12.7. The van der Waals surface area contributed by atoms with Crippen molar-refractivity contribution in [2.24, 2.45) is 16.7 Å². The number of benzene rings is 1. The third kappa shape index (κ3) is 3.10. The molecule has 5 nitrogen and oxygen atoms in total. The highest BCUT2D eigenvalue weighted by atomic mass is 32.2. The van der Waals surface area contributed by atoms with E-state index >= 15 is 0 Å². The number of hydrogen-bond donors (Lipinski definition) is 1. The molecule has 0 spiro atoms. The van der Waals surface area contributed by atoms with Crippen LogP contribution in [0.2, 0.25) is 0 Å². The van der Waals surface area contributed by atoms with Gasteiger partial charge in [0.25, 0.3) is 0 Å². The number of rotatable bonds is 6. The first kappa shape index (κ1) is 18.4. The first-order valence-corrected chi connectivity index (χ1v) is 10.5. The predicted octanol–water partition coefficient (Wildman–Crippen LogP) is 2.57. The Morgan fingerprint density at radius 3 is 2.32 bits per heavy atom. The second-order valence-electron chi connectivity index (χ2n) is 8.31. The van der Waals surface area contributed by atoms with Gasteiger partial charge in [-0.05, 0) is 41.9 Å². The van der Waals surface area contributed by atoms with Crippen molar-refractivity contribution >= 4 is 21.5 Å². The quantitative estimate of drug-likeness (QED) is 0.842. The van der Waals surface area contributed by atoms with Crippen molar-refractivity contribution in [3.05, 3.63) is 29.8 Å². The highest BCUT2D eigenvalue weighted by Crippen LogP contribution is 2.64. The van der Waals surface area contributed by atoms with E-state index in [0.29, 0.717) is 18.8 Å². The summed E-state index contributed by atoms with van der Waals surface area (Å²) in [5, 5.41) is 0. The van der Waals surface area contributed by atoms with Crippen LogP contribution in [0.5, 0.6) is 0 Å². The van der Waals surface area contributed by atoms with Gasteiger partial charge in [0, 0.05) is 38.2 Å². The molecular weight excluding hydrogens is 336 g/mol. The zero-order chi connectivity index (χ0) is 18.5. The van der Waals surface area contributed by atoms with Crippen LogP contribution in [0.4, 0.5) is 5.69 Å². The minimum atomic E-state index is -3.52. The van der Waals surface area contributed by atoms with Crippen molar-refractivity contribution in [1.82, 2.24) is 4.72 Å². The summed E-state index contributed by atoms with van der Waals surface area (Å²) in [4.78, 5) is 14.5. The molecule has 6 heteroatoms. The Labute approximate surface area is 150 Å². The molecule has 0 saturated heterocycles. The van der Waals surface area contributed by atoms with Gasteiger partial charge < -0.3 is 4.90 Å². The number of ketones is 1. The standard InChI is InChI=1S/C19H28N2O3S/c1-18(2)15-9-10-19(18,17(22)11-15)13-25(23,24)20-12-14-5-7-16(8-6-14)21(3)4/h5-8,15,20H,9-13H2,1-4H3. The first-order chi connectivity index (χ1) is 11.6. The Balaban J connectivity index is 1.69. The number of anilines is 1. The van der Waals surface area contributed by atoms with Gasteiger partial charge in [-0.25, -0.2) is 13.1 Å². The molecular formula is C19H28N2O3S. The van der Waals surface area contributed by atoms with Crippen LogP contribution in [-0.4, -0.2) is 34.0 Å². The fourth-order valence-corrected chi connectivity index (χ4v) is 6.40. The van der Waals surface area contributed by atoms with Gasteiger partial charge >= 0.3 is 0 Å². The largest absolute Gasteiger partial charge is 0.378 e. The number of sulfonamides is 1. The van der Waals surface area contributed by atoms with E-state index in [1.54, 1.807) is 0 Å². The molecule has 1 aromatic rings. The monoisotopic (exact) mass is 364 g/mol. The molecule has 0 radical (unpaired) electrons. The van der Waals surface area contributed by atoms with E-state index in [2.05, 4.69) is 18.6 Å². The maximum Gasteiger partial charge on any atom is 0.212 e. The third-order valence-corrected chi connectivity index (χ3v) is 7.98. The van der Waals surface area contributed by atoms with E-state index in [1.165, 1.54) is 0 Å². The molecule has 2 saturated carbocycles. The molecule has 0 aliphatic heterocycles. The predicted molar refractivity (Wildman–Crippen MR) is 100.0 cm³/mol. The number of Topliss-reactive ketones (excluding diaryl/α,β-unsaturated/α-hetero) is 1. The molecule has 1 N–H and O–H groups in total. The number of carbonyl (C=O) groups is 1. The zero-order valence-electron chi connectivity index (χ0n) is 15.5. The van der Waals surface area contributed by atoms with Crippen molar-refractivity contribution < 1.29 is 13.2 Å². The lowest BCUT2D eigenvalue weighted by Crippen LogP contribution is -2.45. The number of nitrogens with one attached hydrogen (secondary N) is 1. The molecule has 2 bridgehead atoms. The lowest BCUT2D eigenvalue weighted by molar-refractivity contribution is -0.128. The average Bonchev–Trinajstić information content (AvgIpc) is 2.87. The van der Waals surface area contributed by atoms with E-state index in [0.717, 1.165) is 17.7 Å². The van der Waals surface area contributed by atoms with Gasteiger partial charge in [-0.2, -0.15) is 0 Å². The SMILES string of the molecule is CN(C)c1ccc(CNS(=O)(=O)CC23CCC(CC2=O)C3(C)C)cc1. The van der Waals surface area contributed by atoms with Crippen LogP contribution >= 0.6 is 0 Å². The lowest BCUT2D eigenvalue weighted by atomic mass is 9.70. The molecule has 2 atom stereocenters. The molecule has 25 heavy (non-hydrogen) atoms. The second kappa shape index (κ2) is 6.09. The number of fused-ring (bicyclic) bond motifs is 2. The van der Waals surface area contributed by atoms with Crippen LogP contribution in [-0.2, 0) is 21.4 Å². The molecule has 138 valence electrons. The Morgan fingerprint density at radius 1 is 1.20 bits per heavy atom. The Hall–Kier alpha value is -1.40. The van der Waals surface area contributed by atoms with Gasteiger partial charge in [0.05, 0.1) is 5.75 Å². The molecule has 0 aromatic heterocycles. The lowest BCUT2D eigenvalue weighted by Gasteiger charge is -2.36. The molecule has 2 aliphatic rings. The number of nitrogens with zero attached hydrogens (tertiary/aromatic N) is 1. The van der Waals surface area contributed by atoms with Crippen molar-refractivity contribution in [3.63, 3.8) is 0 Å². The van der Waals surface area contributed by atoms with Crippen molar-refractivity contribution in [3.8, 4) is 0 Å². The van der Waals surface area contributed by atoms with Gasteiger partial charge in [-0.3, -0.25) is 4.79 Å². The maximum atomic E-state index is 12.7. The Morgan fingerprint density at radius 2 is 1.84 bits per heavy atom. The second-order valence-corrected chi connectivity index (χ2v) is 10.1. The van der Waals surface area contributed by atoms with Crippen LogP contribution in [0.3, 0.4) is 0 Å². The summed E-state index contributed by atoms with van der Waals surface area (Å²) in [6.07, 6.45) is 2.19. The molecule has 0 heterocycles. The van der Waals surface area contributed by atoms with E-state index in [9.17, 15) is 13.2 Å². The topological polar surface area (TPSA) is 66.5 Å². The van der Waals surface area contributed by atoms with E-state index < -0.39 is 15.4 Å². The van der Waals surface area contributed by atoms with Crippen LogP contribution in [0.1, 0.15) is 38.7 Å². The summed E-state index contributed by atoms with van der Waals surface area (Å²) in [5.41, 5.74) is 1.04. The Bertz CT molecular complexity index is 768. The first-order valence-electron chi connectivity index (χ1n) is 8.84. The van der Waals surface area contributed by atoms with E-state index in [1.807, 2.05) is 43.3 Å². The fourth-order valence-electron chi connectivity index (χ4n) is 4.59. The fraction of sp³-hybridized carbons (Fsp3) is 0.632. The van der Waals surface area contributed by atoms with Gasteiger partial charge in [-0.15, -0.1) is 0 Å². The number of hydrogen-bond acceptors (Lipinski definition) is 4. The van der Waals surface area contributed by atoms with Gasteiger partial charge in [0.15, 0.2) is 0 Å². The summed E-state index contributed by atoms with van der Waals surface area (Å²) < 4.78 is 28.1. The van der Waals surface area contributed by atoms with Gasteiger partial charge in [0.1, 0.15) is 5.78 Å². The van der Waals surface area contributed by atoms with Gasteiger partial charge in [-0.1, -0.05) is 26.0 Å². The molecule has 2 aliphatic carbocycles. The number of carbonyl (C=O) groups excluding carboxylic acids is 1. The average molecular weight is 365 g/mol. The third-order valence-electron chi connectivity index (χ3n) is 6.52. The van der Waals surface area contributed by atoms with E-state index in [-0.39, 0.29) is 23.5 Å². The van der Waals surface area contributed by atoms with Crippen molar-refractivity contribution in [2.75, 3.05) is 24.7 Å². The molecule has 1 aromatic carbocycles. The summed E-state index contributed by atoms with van der Waals surface area (Å²) in [5.74, 6) is 0.376. The molecule has 3 rings (SSSR count). The van der Waals surface area contributed by atoms with Crippen LogP contribution < -0.4 is 9.62 Å². The van der Waals surface area contributed by atoms with Crippen molar-refractivity contribution in [1.29, 1.82) is 0 Å². The van der Waals surface area contributed by atoms with Crippen LogP contribution in [0, 0.1) is 16.7 Å². The minimum absolute atomic E-state index is 0.0852. The summed E-state index contributed by atoms with van der Waals surface area (Å²) in [6, 6.07) is 7.78.